The molecule has 0 saturated carbocycles. The van der Waals surface area contributed by atoms with Gasteiger partial charge in [0.1, 0.15) is 6.04 Å². The third kappa shape index (κ3) is 4.23. The topological polar surface area (TPSA) is 87.2 Å². The molecule has 2 aromatic rings. The van der Waals surface area contributed by atoms with Crippen LogP contribution in [0, 0.1) is 5.92 Å². The van der Waals surface area contributed by atoms with Crippen LogP contribution >= 0.6 is 11.6 Å². The van der Waals surface area contributed by atoms with Gasteiger partial charge in [-0.1, -0.05) is 35.9 Å². The maximum Gasteiger partial charge on any atom is 0.328 e. The highest BCUT2D eigenvalue weighted by atomic mass is 35.5. The molecule has 2 atom stereocenters. The molecule has 188 valence electrons. The lowest BCUT2D eigenvalue weighted by atomic mass is 9.94. The van der Waals surface area contributed by atoms with Crippen LogP contribution in [0.3, 0.4) is 0 Å². The fraction of sp³-hybridized carbons (Fsp3) is 0.407. The lowest BCUT2D eigenvalue weighted by Gasteiger charge is -2.37. The number of hydrogen-bond acceptors (Lipinski definition) is 6. The van der Waals surface area contributed by atoms with Gasteiger partial charge in [-0.3, -0.25) is 19.3 Å². The number of piperidine rings is 1. The van der Waals surface area contributed by atoms with Crippen molar-refractivity contribution >= 4 is 41.0 Å². The Balaban J connectivity index is 1.37. The van der Waals surface area contributed by atoms with Gasteiger partial charge in [0, 0.05) is 24.7 Å². The molecule has 3 aliphatic rings. The number of benzene rings is 2. The highest BCUT2D eigenvalue weighted by Gasteiger charge is 2.42. The zero-order valence-electron chi connectivity index (χ0n) is 20.1. The molecular weight excluding hydrogens is 482 g/mol. The van der Waals surface area contributed by atoms with Gasteiger partial charge < -0.3 is 14.5 Å². The smallest absolute Gasteiger partial charge is 0.328 e. The van der Waals surface area contributed by atoms with Gasteiger partial charge >= 0.3 is 5.97 Å². The van der Waals surface area contributed by atoms with E-state index in [1.807, 2.05) is 17.0 Å². The Morgan fingerprint density at radius 1 is 1.00 bits per heavy atom. The second-order valence-electron chi connectivity index (χ2n) is 9.49. The van der Waals surface area contributed by atoms with E-state index in [0.717, 1.165) is 12.8 Å². The zero-order valence-corrected chi connectivity index (χ0v) is 20.9. The largest absolute Gasteiger partial charge is 0.467 e. The number of rotatable bonds is 5. The predicted molar refractivity (Wildman–Crippen MR) is 134 cm³/mol. The molecule has 2 saturated heterocycles. The van der Waals surface area contributed by atoms with Crippen molar-refractivity contribution in [2.24, 2.45) is 5.92 Å². The standard InChI is InChI=1S/C27H28ClN3O5/c1-36-27(35)22-12-6-14-30(22)24(32)18-8-5-13-29(15-18)21-11-4-9-19-23(21)26(34)31(25(19)33)16-17-7-2-3-10-20(17)28/h2-4,7,9-11,18,22H,5-6,8,12-16H2,1H3/t18?,22-/m0/s1. The summed E-state index contributed by atoms with van der Waals surface area (Å²) in [5.41, 5.74) is 2.10. The summed E-state index contributed by atoms with van der Waals surface area (Å²) in [5, 5.41) is 0.499. The van der Waals surface area contributed by atoms with Crippen LogP contribution in [0.15, 0.2) is 42.5 Å². The molecule has 36 heavy (non-hydrogen) atoms. The lowest BCUT2D eigenvalue weighted by Crippen LogP contribution is -2.48. The molecule has 0 aliphatic carbocycles. The maximum absolute atomic E-state index is 13.5. The van der Waals surface area contributed by atoms with E-state index in [0.29, 0.717) is 59.9 Å². The minimum Gasteiger partial charge on any atom is -0.467 e. The third-order valence-corrected chi connectivity index (χ3v) is 7.75. The summed E-state index contributed by atoms with van der Waals surface area (Å²) >= 11 is 6.28. The van der Waals surface area contributed by atoms with E-state index in [-0.39, 0.29) is 36.2 Å². The fourth-order valence-corrected chi connectivity index (χ4v) is 5.76. The van der Waals surface area contributed by atoms with E-state index < -0.39 is 6.04 Å². The Kier molecular flexibility index (Phi) is 6.71. The van der Waals surface area contributed by atoms with Crippen LogP contribution in [-0.2, 0) is 20.9 Å². The van der Waals surface area contributed by atoms with Crippen molar-refractivity contribution in [1.29, 1.82) is 0 Å². The first-order valence-electron chi connectivity index (χ1n) is 12.3. The zero-order chi connectivity index (χ0) is 25.4. The molecule has 0 bridgehead atoms. The molecule has 3 heterocycles. The number of nitrogens with zero attached hydrogens (tertiary/aromatic N) is 3. The first-order chi connectivity index (χ1) is 17.4. The second-order valence-corrected chi connectivity index (χ2v) is 9.89. The monoisotopic (exact) mass is 509 g/mol. The van der Waals surface area contributed by atoms with Crippen molar-refractivity contribution in [3.63, 3.8) is 0 Å². The van der Waals surface area contributed by atoms with Crippen molar-refractivity contribution in [3.8, 4) is 0 Å². The number of amides is 3. The van der Waals surface area contributed by atoms with Gasteiger partial charge in [0.05, 0.1) is 36.4 Å². The molecule has 2 aromatic carbocycles. The Bertz CT molecular complexity index is 1230. The minimum atomic E-state index is -0.531. The van der Waals surface area contributed by atoms with Crippen LogP contribution in [0.5, 0.6) is 0 Å². The van der Waals surface area contributed by atoms with E-state index >= 15 is 0 Å². The van der Waals surface area contributed by atoms with Crippen LogP contribution < -0.4 is 4.90 Å². The van der Waals surface area contributed by atoms with Gasteiger partial charge in [0.2, 0.25) is 5.91 Å². The average Bonchev–Trinajstić information content (AvgIpc) is 3.49. The normalized spacial score (nSPS) is 21.7. The van der Waals surface area contributed by atoms with E-state index in [4.69, 9.17) is 16.3 Å². The number of ether oxygens (including phenoxy) is 1. The lowest BCUT2D eigenvalue weighted by molar-refractivity contribution is -0.152. The Labute approximate surface area is 214 Å². The molecular formula is C27H28ClN3O5. The first-order valence-corrected chi connectivity index (χ1v) is 12.6. The molecule has 9 heteroatoms. The van der Waals surface area contributed by atoms with Crippen LogP contribution in [0.2, 0.25) is 5.02 Å². The van der Waals surface area contributed by atoms with Crippen LogP contribution in [0.4, 0.5) is 5.69 Å². The van der Waals surface area contributed by atoms with Gasteiger partial charge in [-0.2, -0.15) is 0 Å². The van der Waals surface area contributed by atoms with Gasteiger partial charge in [-0.25, -0.2) is 4.79 Å². The Hall–Kier alpha value is -3.39. The summed E-state index contributed by atoms with van der Waals surface area (Å²) in [5.74, 6) is -1.44. The molecule has 0 N–H and O–H groups in total. The third-order valence-electron chi connectivity index (χ3n) is 7.38. The highest BCUT2D eigenvalue weighted by Crippen LogP contribution is 2.36. The van der Waals surface area contributed by atoms with Gasteiger partial charge in [0.25, 0.3) is 11.8 Å². The van der Waals surface area contributed by atoms with E-state index in [1.165, 1.54) is 12.0 Å². The number of fused-ring (bicyclic) bond motifs is 1. The summed E-state index contributed by atoms with van der Waals surface area (Å²) < 4.78 is 4.90. The maximum atomic E-state index is 13.5. The number of carbonyl (C=O) groups is 4. The van der Waals surface area contributed by atoms with Crippen LogP contribution in [0.1, 0.15) is 52.0 Å². The number of anilines is 1. The Morgan fingerprint density at radius 2 is 1.78 bits per heavy atom. The molecule has 0 radical (unpaired) electrons. The van der Waals surface area contributed by atoms with E-state index in [2.05, 4.69) is 0 Å². The summed E-state index contributed by atoms with van der Waals surface area (Å²) in [6, 6.07) is 11.9. The Morgan fingerprint density at radius 3 is 2.56 bits per heavy atom. The van der Waals surface area contributed by atoms with Gasteiger partial charge in [-0.05, 0) is 49.4 Å². The summed E-state index contributed by atoms with van der Waals surface area (Å²) in [6.07, 6.45) is 2.85. The fourth-order valence-electron chi connectivity index (χ4n) is 5.56. The van der Waals surface area contributed by atoms with Crippen molar-refractivity contribution in [3.05, 3.63) is 64.2 Å². The van der Waals surface area contributed by atoms with Crippen molar-refractivity contribution in [2.75, 3.05) is 31.6 Å². The van der Waals surface area contributed by atoms with E-state index in [9.17, 15) is 19.2 Å². The summed E-state index contributed by atoms with van der Waals surface area (Å²) in [7, 11) is 1.34. The molecule has 3 aliphatic heterocycles. The van der Waals surface area contributed by atoms with Crippen LogP contribution in [-0.4, -0.2) is 66.3 Å². The summed E-state index contributed by atoms with van der Waals surface area (Å²) in [6.45, 7) is 1.73. The predicted octanol–water partition coefficient (Wildman–Crippen LogP) is 3.52. The molecule has 0 spiro atoms. The molecule has 0 aromatic heterocycles. The van der Waals surface area contributed by atoms with Crippen LogP contribution in [0.25, 0.3) is 0 Å². The first kappa shape index (κ1) is 24.3. The quantitative estimate of drug-likeness (QED) is 0.453. The minimum absolute atomic E-state index is 0.0528. The number of imide groups is 1. The highest BCUT2D eigenvalue weighted by molar-refractivity contribution is 6.31. The second kappa shape index (κ2) is 9.93. The van der Waals surface area contributed by atoms with Crippen molar-refractivity contribution < 1.29 is 23.9 Å². The number of carbonyl (C=O) groups excluding carboxylic acids is 4. The van der Waals surface area contributed by atoms with E-state index in [1.54, 1.807) is 35.2 Å². The number of hydrogen-bond donors (Lipinski definition) is 0. The van der Waals surface area contributed by atoms with Crippen molar-refractivity contribution in [1.82, 2.24) is 9.80 Å². The average molecular weight is 510 g/mol. The number of halogens is 1. The van der Waals surface area contributed by atoms with Gasteiger partial charge in [-0.15, -0.1) is 0 Å². The number of methoxy groups -OCH3 is 1. The SMILES string of the molecule is COC(=O)[C@@H]1CCCN1C(=O)C1CCCN(c2cccc3c2C(=O)N(Cc2ccccc2Cl)C3=O)C1. The molecule has 1 unspecified atom stereocenters. The molecule has 2 fully saturated rings. The molecule has 5 rings (SSSR count). The summed E-state index contributed by atoms with van der Waals surface area (Å²) in [4.78, 5) is 57.1. The number of likely N-dealkylation sites (tertiary alicyclic amines) is 1. The number of esters is 1. The molecule has 8 nitrogen and oxygen atoms in total. The van der Waals surface area contributed by atoms with Crippen molar-refractivity contribution in [2.45, 2.75) is 38.3 Å². The van der Waals surface area contributed by atoms with Gasteiger partial charge in [0.15, 0.2) is 0 Å². The molecule has 3 amide bonds.